The number of halogens is 1. The van der Waals surface area contributed by atoms with Gasteiger partial charge in [-0.2, -0.15) is 0 Å². The van der Waals surface area contributed by atoms with Crippen molar-refractivity contribution in [3.8, 4) is 5.75 Å². The number of aromatic hydroxyl groups is 1. The Morgan fingerprint density at radius 1 is 1.12 bits per heavy atom. The van der Waals surface area contributed by atoms with E-state index in [1.807, 2.05) is 18.2 Å². The number of aryl methyl sites for hydroxylation is 2. The third-order valence-corrected chi connectivity index (χ3v) is 4.67. The van der Waals surface area contributed by atoms with E-state index in [1.165, 1.54) is 29.5 Å². The summed E-state index contributed by atoms with van der Waals surface area (Å²) < 4.78 is 0. The fraction of sp³-hybridized carbons (Fsp3) is 0.350. The molecule has 0 aliphatic heterocycles. The Hall–Kier alpha value is -1.76. The van der Waals surface area contributed by atoms with Gasteiger partial charge in [0, 0.05) is 11.3 Å². The number of nitrogens with two attached hydrogens (primary N) is 1. The molecule has 0 spiro atoms. The number of fused-ring (bicyclic) bond motifs is 1. The van der Waals surface area contributed by atoms with Crippen molar-refractivity contribution < 1.29 is 5.11 Å². The van der Waals surface area contributed by atoms with Crippen LogP contribution >= 0.6 is 24.0 Å². The first-order valence-corrected chi connectivity index (χ1v) is 8.66. The van der Waals surface area contributed by atoms with E-state index in [0.717, 1.165) is 30.5 Å². The molecular formula is C20H26IN3O. The van der Waals surface area contributed by atoms with Crippen LogP contribution in [0.3, 0.4) is 0 Å². The zero-order valence-electron chi connectivity index (χ0n) is 14.6. The van der Waals surface area contributed by atoms with E-state index in [0.29, 0.717) is 18.3 Å². The largest absolute Gasteiger partial charge is 0.508 e. The molecule has 25 heavy (non-hydrogen) atoms. The van der Waals surface area contributed by atoms with Crippen molar-refractivity contribution in [2.75, 3.05) is 5.32 Å². The Bertz CT molecular complexity index is 741. The minimum Gasteiger partial charge on any atom is -0.508 e. The van der Waals surface area contributed by atoms with Crippen molar-refractivity contribution in [2.45, 2.75) is 45.6 Å². The molecule has 0 unspecified atom stereocenters. The van der Waals surface area contributed by atoms with Crippen molar-refractivity contribution in [3.05, 3.63) is 58.7 Å². The zero-order valence-corrected chi connectivity index (χ0v) is 16.9. The van der Waals surface area contributed by atoms with Gasteiger partial charge < -0.3 is 16.2 Å². The van der Waals surface area contributed by atoms with Gasteiger partial charge in [-0.05, 0) is 67.0 Å². The van der Waals surface area contributed by atoms with Gasteiger partial charge in [-0.3, -0.25) is 0 Å². The molecule has 0 heterocycles. The van der Waals surface area contributed by atoms with Crippen LogP contribution in [0.1, 0.15) is 42.0 Å². The molecule has 0 atom stereocenters. The maximum Gasteiger partial charge on any atom is 0.193 e. The monoisotopic (exact) mass is 451 g/mol. The van der Waals surface area contributed by atoms with Crippen molar-refractivity contribution in [1.82, 2.24) is 0 Å². The third-order valence-electron chi connectivity index (χ3n) is 4.67. The Kier molecular flexibility index (Phi) is 7.11. The molecule has 0 saturated carbocycles. The van der Waals surface area contributed by atoms with Gasteiger partial charge >= 0.3 is 0 Å². The Morgan fingerprint density at radius 2 is 1.84 bits per heavy atom. The maximum atomic E-state index is 10.2. The molecule has 4 nitrogen and oxygen atoms in total. The van der Waals surface area contributed by atoms with Crippen LogP contribution in [0.2, 0.25) is 0 Å². The van der Waals surface area contributed by atoms with Gasteiger partial charge in [-0.25, -0.2) is 4.99 Å². The molecule has 4 N–H and O–H groups in total. The zero-order chi connectivity index (χ0) is 16.9. The van der Waals surface area contributed by atoms with E-state index in [-0.39, 0.29) is 24.0 Å². The summed E-state index contributed by atoms with van der Waals surface area (Å²) in [5.41, 5.74) is 11.7. The molecular weight excluding hydrogens is 425 g/mol. The molecule has 0 fully saturated rings. The number of nitrogens with one attached hydrogen (secondary N) is 1. The molecule has 0 saturated heterocycles. The van der Waals surface area contributed by atoms with Crippen molar-refractivity contribution in [2.24, 2.45) is 10.7 Å². The van der Waals surface area contributed by atoms with E-state index in [4.69, 9.17) is 5.73 Å². The lowest BCUT2D eigenvalue weighted by atomic mass is 9.88. The van der Waals surface area contributed by atoms with Crippen LogP contribution in [-0.4, -0.2) is 11.1 Å². The highest BCUT2D eigenvalue weighted by Gasteiger charge is 2.16. The molecule has 0 bridgehead atoms. The number of rotatable bonds is 4. The Balaban J connectivity index is 0.00000225. The number of guanidine groups is 1. The van der Waals surface area contributed by atoms with Gasteiger partial charge in [0.25, 0.3) is 0 Å². The van der Waals surface area contributed by atoms with E-state index in [1.54, 1.807) is 6.07 Å². The first-order valence-electron chi connectivity index (χ1n) is 8.66. The summed E-state index contributed by atoms with van der Waals surface area (Å²) in [6.45, 7) is 2.53. The third kappa shape index (κ3) is 4.87. The van der Waals surface area contributed by atoms with Gasteiger partial charge in [0.05, 0.1) is 6.54 Å². The van der Waals surface area contributed by atoms with Crippen LogP contribution in [0.15, 0.2) is 41.4 Å². The predicted octanol–water partition coefficient (Wildman–Crippen LogP) is 4.38. The minimum atomic E-state index is 0. The quantitative estimate of drug-likeness (QED) is 0.367. The Labute approximate surface area is 166 Å². The van der Waals surface area contributed by atoms with Gasteiger partial charge in [0.15, 0.2) is 5.96 Å². The van der Waals surface area contributed by atoms with E-state index >= 15 is 0 Å². The summed E-state index contributed by atoms with van der Waals surface area (Å²) in [4.78, 5) is 4.42. The molecule has 0 amide bonds. The summed E-state index contributed by atoms with van der Waals surface area (Å²) in [5, 5.41) is 13.3. The fourth-order valence-corrected chi connectivity index (χ4v) is 3.24. The highest BCUT2D eigenvalue weighted by molar-refractivity contribution is 14.0. The van der Waals surface area contributed by atoms with Crippen molar-refractivity contribution in [3.63, 3.8) is 0 Å². The summed E-state index contributed by atoms with van der Waals surface area (Å²) in [6, 6.07) is 12.0. The minimum absolute atomic E-state index is 0. The maximum absolute atomic E-state index is 10.2. The Morgan fingerprint density at radius 3 is 2.56 bits per heavy atom. The molecule has 5 heteroatoms. The predicted molar refractivity (Wildman–Crippen MR) is 115 cm³/mol. The number of nitrogens with zero attached hydrogens (tertiary/aromatic N) is 1. The van der Waals surface area contributed by atoms with E-state index in [9.17, 15) is 5.11 Å². The molecule has 134 valence electrons. The normalized spacial score (nSPS) is 13.7. The second-order valence-corrected chi connectivity index (χ2v) is 6.28. The highest BCUT2D eigenvalue weighted by Crippen LogP contribution is 2.31. The molecule has 1 aliphatic rings. The average molecular weight is 451 g/mol. The van der Waals surface area contributed by atoms with Gasteiger partial charge in [-0.1, -0.05) is 25.1 Å². The first-order chi connectivity index (χ1) is 11.7. The molecule has 1 aliphatic carbocycles. The van der Waals surface area contributed by atoms with Crippen LogP contribution in [0.25, 0.3) is 0 Å². The van der Waals surface area contributed by atoms with Gasteiger partial charge in [0.1, 0.15) is 5.75 Å². The second kappa shape index (κ2) is 9.08. The average Bonchev–Trinajstić information content (AvgIpc) is 2.61. The number of aliphatic imine (C=N–C) groups is 1. The lowest BCUT2D eigenvalue weighted by Gasteiger charge is -2.19. The van der Waals surface area contributed by atoms with Crippen LogP contribution in [0.5, 0.6) is 5.75 Å². The molecule has 0 radical (unpaired) electrons. The summed E-state index contributed by atoms with van der Waals surface area (Å²) in [5.74, 6) is 0.687. The van der Waals surface area contributed by atoms with Gasteiger partial charge in [0.2, 0.25) is 0 Å². The molecule has 2 aromatic rings. The molecule has 2 aromatic carbocycles. The summed E-state index contributed by atoms with van der Waals surface area (Å²) >= 11 is 0. The standard InChI is InChI=1S/C20H25N3O.HI/c1-2-14-7-10-16(11-8-14)23-20(21)22-13-18-17-6-4-3-5-15(17)9-12-19(18)24;/h7-12,24H,2-6,13H2,1H3,(H3,21,22,23);1H. The number of benzene rings is 2. The van der Waals surface area contributed by atoms with Crippen molar-refractivity contribution >= 4 is 35.6 Å². The first kappa shape index (κ1) is 19.6. The van der Waals surface area contributed by atoms with Crippen LogP contribution in [0.4, 0.5) is 5.69 Å². The number of phenols is 1. The van der Waals surface area contributed by atoms with E-state index < -0.39 is 0 Å². The summed E-state index contributed by atoms with van der Waals surface area (Å²) in [6.07, 6.45) is 5.51. The molecule has 3 rings (SSSR count). The van der Waals surface area contributed by atoms with Gasteiger partial charge in [-0.15, -0.1) is 24.0 Å². The summed E-state index contributed by atoms with van der Waals surface area (Å²) in [7, 11) is 0. The lowest BCUT2D eigenvalue weighted by Crippen LogP contribution is -2.22. The molecule has 0 aromatic heterocycles. The fourth-order valence-electron chi connectivity index (χ4n) is 3.24. The van der Waals surface area contributed by atoms with Crippen LogP contribution in [0, 0.1) is 0 Å². The van der Waals surface area contributed by atoms with Crippen LogP contribution in [-0.2, 0) is 25.8 Å². The van der Waals surface area contributed by atoms with E-state index in [2.05, 4.69) is 29.4 Å². The second-order valence-electron chi connectivity index (χ2n) is 6.28. The number of hydrogen-bond donors (Lipinski definition) is 3. The van der Waals surface area contributed by atoms with Crippen LogP contribution < -0.4 is 11.1 Å². The number of hydrogen-bond acceptors (Lipinski definition) is 2. The SMILES string of the molecule is CCc1ccc(NC(N)=NCc2c(O)ccc3c2CCCC3)cc1.I. The van der Waals surface area contributed by atoms with Crippen molar-refractivity contribution in [1.29, 1.82) is 0 Å². The smallest absolute Gasteiger partial charge is 0.193 e. The number of phenolic OH excluding ortho intramolecular Hbond substituents is 1. The lowest BCUT2D eigenvalue weighted by molar-refractivity contribution is 0.465. The number of anilines is 1. The topological polar surface area (TPSA) is 70.6 Å². The highest BCUT2D eigenvalue weighted by atomic mass is 127.